The highest BCUT2D eigenvalue weighted by Crippen LogP contribution is 2.21. The van der Waals surface area contributed by atoms with Crippen LogP contribution in [-0.4, -0.2) is 24.1 Å². The molecule has 108 valence electrons. The minimum absolute atomic E-state index is 0.147. The van der Waals surface area contributed by atoms with Crippen molar-refractivity contribution >= 4 is 11.8 Å². The summed E-state index contributed by atoms with van der Waals surface area (Å²) in [6, 6.07) is 14.0. The van der Waals surface area contributed by atoms with Crippen molar-refractivity contribution in [3.8, 4) is 17.6 Å². The van der Waals surface area contributed by atoms with Crippen molar-refractivity contribution in [3.05, 3.63) is 59.9 Å². The van der Waals surface area contributed by atoms with Crippen LogP contribution in [0.1, 0.15) is 5.56 Å². The van der Waals surface area contributed by atoms with Gasteiger partial charge < -0.3 is 9.84 Å². The SMILES string of the molecule is OCC#Cc1ccc(OCCSc2ccccc2F)cc1. The first-order valence-electron chi connectivity index (χ1n) is 6.49. The van der Waals surface area contributed by atoms with Gasteiger partial charge in [0.05, 0.1) is 6.61 Å². The van der Waals surface area contributed by atoms with Gasteiger partial charge in [0.1, 0.15) is 18.2 Å². The van der Waals surface area contributed by atoms with Gasteiger partial charge in [0.2, 0.25) is 0 Å². The van der Waals surface area contributed by atoms with Crippen LogP contribution in [0.2, 0.25) is 0 Å². The molecule has 0 aliphatic heterocycles. The summed E-state index contributed by atoms with van der Waals surface area (Å²) in [5.74, 6) is 6.62. The quantitative estimate of drug-likeness (QED) is 0.522. The van der Waals surface area contributed by atoms with E-state index in [4.69, 9.17) is 9.84 Å². The Labute approximate surface area is 128 Å². The van der Waals surface area contributed by atoms with Gasteiger partial charge in [-0.3, -0.25) is 0 Å². The first-order chi connectivity index (χ1) is 10.3. The number of hydrogen-bond acceptors (Lipinski definition) is 3. The van der Waals surface area contributed by atoms with E-state index >= 15 is 0 Å². The molecule has 2 aromatic carbocycles. The zero-order chi connectivity index (χ0) is 14.9. The van der Waals surface area contributed by atoms with E-state index in [9.17, 15) is 4.39 Å². The third kappa shape index (κ3) is 5.14. The number of aliphatic hydroxyl groups excluding tert-OH is 1. The van der Waals surface area contributed by atoms with E-state index in [2.05, 4.69) is 11.8 Å². The summed E-state index contributed by atoms with van der Waals surface area (Å²) >= 11 is 1.43. The van der Waals surface area contributed by atoms with Gasteiger partial charge in [-0.25, -0.2) is 4.39 Å². The van der Waals surface area contributed by atoms with Crippen LogP contribution in [0.25, 0.3) is 0 Å². The lowest BCUT2D eigenvalue weighted by Gasteiger charge is -2.06. The molecule has 4 heteroatoms. The first kappa shape index (κ1) is 15.4. The molecule has 0 saturated heterocycles. The van der Waals surface area contributed by atoms with E-state index in [-0.39, 0.29) is 12.4 Å². The van der Waals surface area contributed by atoms with Crippen molar-refractivity contribution < 1.29 is 14.2 Å². The summed E-state index contributed by atoms with van der Waals surface area (Å²) in [4.78, 5) is 0.635. The van der Waals surface area contributed by atoms with E-state index in [1.165, 1.54) is 17.8 Å². The van der Waals surface area contributed by atoms with E-state index in [0.29, 0.717) is 17.3 Å². The second kappa shape index (κ2) is 8.35. The molecule has 0 heterocycles. The number of ether oxygens (including phenoxy) is 1. The number of halogens is 1. The highest BCUT2D eigenvalue weighted by molar-refractivity contribution is 7.99. The molecule has 0 saturated carbocycles. The normalized spacial score (nSPS) is 9.81. The van der Waals surface area contributed by atoms with Gasteiger partial charge in [0, 0.05) is 16.2 Å². The Hall–Kier alpha value is -1.96. The van der Waals surface area contributed by atoms with Gasteiger partial charge in [-0.2, -0.15) is 0 Å². The fourth-order valence-electron chi connectivity index (χ4n) is 1.65. The lowest BCUT2D eigenvalue weighted by atomic mass is 10.2. The number of aliphatic hydroxyl groups is 1. The third-order valence-electron chi connectivity index (χ3n) is 2.61. The Kier molecular flexibility index (Phi) is 6.14. The summed E-state index contributed by atoms with van der Waals surface area (Å²) < 4.78 is 19.0. The lowest BCUT2D eigenvalue weighted by Crippen LogP contribution is -2.00. The van der Waals surface area contributed by atoms with E-state index in [1.807, 2.05) is 30.3 Å². The van der Waals surface area contributed by atoms with Gasteiger partial charge in [0.15, 0.2) is 0 Å². The molecule has 0 unspecified atom stereocenters. The van der Waals surface area contributed by atoms with E-state index in [1.54, 1.807) is 12.1 Å². The van der Waals surface area contributed by atoms with Crippen molar-refractivity contribution in [3.63, 3.8) is 0 Å². The van der Waals surface area contributed by atoms with Gasteiger partial charge in [-0.05, 0) is 36.4 Å². The largest absolute Gasteiger partial charge is 0.493 e. The van der Waals surface area contributed by atoms with Crippen molar-refractivity contribution in [2.75, 3.05) is 19.0 Å². The number of benzene rings is 2. The molecule has 0 aromatic heterocycles. The summed E-state index contributed by atoms with van der Waals surface area (Å²) in [6.45, 7) is 0.353. The second-order valence-corrected chi connectivity index (χ2v) is 5.25. The summed E-state index contributed by atoms with van der Waals surface area (Å²) in [6.07, 6.45) is 0. The zero-order valence-corrected chi connectivity index (χ0v) is 12.2. The molecule has 0 fully saturated rings. The van der Waals surface area contributed by atoms with Crippen LogP contribution < -0.4 is 4.74 Å². The number of hydrogen-bond donors (Lipinski definition) is 1. The Morgan fingerprint density at radius 1 is 1.10 bits per heavy atom. The monoisotopic (exact) mass is 302 g/mol. The molecule has 0 aliphatic rings. The molecule has 0 aliphatic carbocycles. The van der Waals surface area contributed by atoms with Crippen LogP contribution in [0.15, 0.2) is 53.4 Å². The zero-order valence-electron chi connectivity index (χ0n) is 11.4. The minimum Gasteiger partial charge on any atom is -0.493 e. The lowest BCUT2D eigenvalue weighted by molar-refractivity contribution is 0.344. The molecule has 2 nitrogen and oxygen atoms in total. The predicted octanol–water partition coefficient (Wildman–Crippen LogP) is 3.34. The van der Waals surface area contributed by atoms with E-state index < -0.39 is 0 Å². The van der Waals surface area contributed by atoms with Crippen LogP contribution in [0.5, 0.6) is 5.75 Å². The molecule has 0 spiro atoms. The highest BCUT2D eigenvalue weighted by atomic mass is 32.2. The molecule has 2 rings (SSSR count). The van der Waals surface area contributed by atoms with Crippen LogP contribution in [0.4, 0.5) is 4.39 Å². The summed E-state index contributed by atoms with van der Waals surface area (Å²) in [7, 11) is 0. The molecule has 0 radical (unpaired) electrons. The standard InChI is InChI=1S/C17H15FO2S/c18-16-5-1-2-6-17(16)21-13-12-20-15-9-7-14(8-10-15)4-3-11-19/h1-2,5-10,19H,11-13H2. The molecular formula is C17H15FO2S. The van der Waals surface area contributed by atoms with Crippen LogP contribution in [-0.2, 0) is 0 Å². The molecule has 0 amide bonds. The highest BCUT2D eigenvalue weighted by Gasteiger charge is 2.01. The van der Waals surface area contributed by atoms with Crippen molar-refractivity contribution in [2.24, 2.45) is 0 Å². The molecule has 0 bridgehead atoms. The Morgan fingerprint density at radius 3 is 2.57 bits per heavy atom. The second-order valence-electron chi connectivity index (χ2n) is 4.11. The molecule has 1 N–H and O–H groups in total. The average Bonchev–Trinajstić information content (AvgIpc) is 2.52. The maximum atomic E-state index is 13.4. The van der Waals surface area contributed by atoms with Gasteiger partial charge >= 0.3 is 0 Å². The number of rotatable bonds is 5. The Morgan fingerprint density at radius 2 is 1.86 bits per heavy atom. The fourth-order valence-corrected chi connectivity index (χ4v) is 2.42. The molecule has 2 aromatic rings. The van der Waals surface area contributed by atoms with Crippen LogP contribution in [0.3, 0.4) is 0 Å². The van der Waals surface area contributed by atoms with Crippen molar-refractivity contribution in [1.82, 2.24) is 0 Å². The first-order valence-corrected chi connectivity index (χ1v) is 7.48. The predicted molar refractivity (Wildman–Crippen MR) is 83.0 cm³/mol. The van der Waals surface area contributed by atoms with E-state index in [0.717, 1.165) is 11.3 Å². The third-order valence-corrected chi connectivity index (χ3v) is 3.63. The van der Waals surface area contributed by atoms with Crippen molar-refractivity contribution in [2.45, 2.75) is 4.90 Å². The van der Waals surface area contributed by atoms with Gasteiger partial charge in [0.25, 0.3) is 0 Å². The topological polar surface area (TPSA) is 29.5 Å². The molecule has 21 heavy (non-hydrogen) atoms. The summed E-state index contributed by atoms with van der Waals surface area (Å²) in [5, 5.41) is 8.61. The molecule has 0 atom stereocenters. The smallest absolute Gasteiger partial charge is 0.136 e. The maximum Gasteiger partial charge on any atom is 0.136 e. The Balaban J connectivity index is 1.77. The Bertz CT molecular complexity index is 629. The van der Waals surface area contributed by atoms with Crippen LogP contribution in [0, 0.1) is 17.7 Å². The minimum atomic E-state index is -0.200. The number of thioether (sulfide) groups is 1. The van der Waals surface area contributed by atoms with Gasteiger partial charge in [-0.1, -0.05) is 24.0 Å². The average molecular weight is 302 g/mol. The van der Waals surface area contributed by atoms with Gasteiger partial charge in [-0.15, -0.1) is 11.8 Å². The van der Waals surface area contributed by atoms with Crippen molar-refractivity contribution in [1.29, 1.82) is 0 Å². The summed E-state index contributed by atoms with van der Waals surface area (Å²) in [5.41, 5.74) is 0.831. The maximum absolute atomic E-state index is 13.4. The van der Waals surface area contributed by atoms with Crippen LogP contribution >= 0.6 is 11.8 Å². The molecular weight excluding hydrogens is 287 g/mol. The fraction of sp³-hybridized carbons (Fsp3) is 0.176.